The first-order chi connectivity index (χ1) is 11.0. The van der Waals surface area contributed by atoms with E-state index in [1.54, 1.807) is 11.8 Å². The number of hydrogen-bond acceptors (Lipinski definition) is 5. The summed E-state index contributed by atoms with van der Waals surface area (Å²) in [6.07, 6.45) is 0. The van der Waals surface area contributed by atoms with E-state index in [9.17, 15) is 9.59 Å². The molecule has 3 rings (SSSR count). The Morgan fingerprint density at radius 1 is 1.39 bits per heavy atom. The fourth-order valence-corrected chi connectivity index (χ4v) is 4.38. The molecule has 1 unspecified atom stereocenters. The number of fused-ring (bicyclic) bond motifs is 1. The monoisotopic (exact) mass is 347 g/mol. The minimum absolute atomic E-state index is 0.200. The number of carbonyl (C=O) groups is 2. The summed E-state index contributed by atoms with van der Waals surface area (Å²) in [5.41, 5.74) is 1.71. The second kappa shape index (κ2) is 5.98. The van der Waals surface area contributed by atoms with Gasteiger partial charge in [0.25, 0.3) is 11.8 Å². The normalized spacial score (nSPS) is 20.3. The Hall–Kier alpha value is -1.86. The quantitative estimate of drug-likeness (QED) is 0.865. The van der Waals surface area contributed by atoms with Gasteiger partial charge in [0.2, 0.25) is 0 Å². The predicted octanol–water partition coefficient (Wildman–Crippen LogP) is 3.31. The fourth-order valence-electron chi connectivity index (χ4n) is 2.48. The zero-order valence-corrected chi connectivity index (χ0v) is 14.8. The van der Waals surface area contributed by atoms with Crippen LogP contribution in [-0.2, 0) is 9.59 Å². The van der Waals surface area contributed by atoms with Crippen molar-refractivity contribution in [1.82, 2.24) is 4.98 Å². The summed E-state index contributed by atoms with van der Waals surface area (Å²) >= 11 is 2.65. The van der Waals surface area contributed by atoms with Crippen molar-refractivity contribution in [3.63, 3.8) is 0 Å². The minimum Gasteiger partial charge on any atom is -0.310 e. The second-order valence-electron chi connectivity index (χ2n) is 5.40. The molecule has 1 N–H and O–H groups in total. The Kier molecular flexibility index (Phi) is 4.16. The molecule has 1 atom stereocenters. The molecule has 120 valence electrons. The molecule has 1 aromatic heterocycles. The van der Waals surface area contributed by atoms with Crippen LogP contribution in [0.25, 0.3) is 0 Å². The van der Waals surface area contributed by atoms with E-state index < -0.39 is 4.75 Å². The van der Waals surface area contributed by atoms with E-state index in [-0.39, 0.29) is 11.8 Å². The number of thioether (sulfide) groups is 1. The number of para-hydroxylation sites is 1. The SMILES string of the molecule is CCN1C(=O)C(C)(C(=O)Nc2nc(C)cs2)Sc2ccccc21. The van der Waals surface area contributed by atoms with Crippen molar-refractivity contribution in [2.45, 2.75) is 30.4 Å². The van der Waals surface area contributed by atoms with Gasteiger partial charge in [-0.3, -0.25) is 9.59 Å². The van der Waals surface area contributed by atoms with Gasteiger partial charge >= 0.3 is 0 Å². The van der Waals surface area contributed by atoms with Crippen LogP contribution in [0.1, 0.15) is 19.5 Å². The van der Waals surface area contributed by atoms with E-state index in [4.69, 9.17) is 0 Å². The van der Waals surface area contributed by atoms with E-state index in [0.29, 0.717) is 11.7 Å². The first-order valence-corrected chi connectivity index (χ1v) is 8.99. The summed E-state index contributed by atoms with van der Waals surface area (Å²) < 4.78 is -1.20. The topological polar surface area (TPSA) is 62.3 Å². The number of thiazole rings is 1. The predicted molar refractivity (Wildman–Crippen MR) is 94.2 cm³/mol. The average Bonchev–Trinajstić information content (AvgIpc) is 2.93. The Bertz CT molecular complexity index is 774. The molecule has 0 saturated carbocycles. The van der Waals surface area contributed by atoms with Gasteiger partial charge in [-0.05, 0) is 32.9 Å². The van der Waals surface area contributed by atoms with Crippen LogP contribution in [0.4, 0.5) is 10.8 Å². The maximum Gasteiger partial charge on any atom is 0.252 e. The van der Waals surface area contributed by atoms with Gasteiger partial charge < -0.3 is 10.2 Å². The fraction of sp³-hybridized carbons (Fsp3) is 0.312. The molecular formula is C16H17N3O2S2. The average molecular weight is 347 g/mol. The molecule has 0 radical (unpaired) electrons. The summed E-state index contributed by atoms with van der Waals surface area (Å²) in [6, 6.07) is 7.66. The van der Waals surface area contributed by atoms with Gasteiger partial charge in [0.1, 0.15) is 0 Å². The summed E-state index contributed by atoms with van der Waals surface area (Å²) in [5.74, 6) is -0.538. The van der Waals surface area contributed by atoms with Crippen LogP contribution in [-0.4, -0.2) is 28.1 Å². The Balaban J connectivity index is 1.94. The molecular weight excluding hydrogens is 330 g/mol. The molecule has 1 aliphatic heterocycles. The number of benzene rings is 1. The van der Waals surface area contributed by atoms with Crippen LogP contribution in [0.15, 0.2) is 34.5 Å². The summed E-state index contributed by atoms with van der Waals surface area (Å²) in [4.78, 5) is 32.5. The maximum absolute atomic E-state index is 12.9. The van der Waals surface area contributed by atoms with E-state index >= 15 is 0 Å². The van der Waals surface area contributed by atoms with Crippen molar-refractivity contribution < 1.29 is 9.59 Å². The zero-order valence-electron chi connectivity index (χ0n) is 13.1. The van der Waals surface area contributed by atoms with Crippen LogP contribution < -0.4 is 10.2 Å². The number of aryl methyl sites for hydroxylation is 1. The van der Waals surface area contributed by atoms with E-state index in [1.165, 1.54) is 23.1 Å². The molecule has 1 aliphatic rings. The van der Waals surface area contributed by atoms with Gasteiger partial charge in [-0.15, -0.1) is 11.3 Å². The van der Waals surface area contributed by atoms with Crippen molar-refractivity contribution in [3.05, 3.63) is 35.3 Å². The molecule has 0 aliphatic carbocycles. The first-order valence-electron chi connectivity index (χ1n) is 7.29. The Labute approximate surface area is 143 Å². The molecule has 0 fully saturated rings. The van der Waals surface area contributed by atoms with Gasteiger partial charge in [0.05, 0.1) is 11.4 Å². The molecule has 0 saturated heterocycles. The molecule has 0 bridgehead atoms. The Morgan fingerprint density at radius 3 is 2.78 bits per heavy atom. The second-order valence-corrected chi connectivity index (χ2v) is 7.72. The lowest BCUT2D eigenvalue weighted by atomic mass is 10.1. The largest absolute Gasteiger partial charge is 0.310 e. The van der Waals surface area contributed by atoms with Gasteiger partial charge in [-0.25, -0.2) is 4.98 Å². The summed E-state index contributed by atoms with van der Waals surface area (Å²) in [6.45, 7) is 5.97. The molecule has 0 spiro atoms. The highest BCUT2D eigenvalue weighted by Crippen LogP contribution is 2.45. The standard InChI is InChI=1S/C16H17N3O2S2/c1-4-19-11-7-5-6-8-12(11)23-16(3,14(19)21)13(20)18-15-17-10(2)9-22-15/h5-9H,4H2,1-3H3,(H,17,18,20). The van der Waals surface area contributed by atoms with Gasteiger partial charge in [-0.1, -0.05) is 23.9 Å². The number of aromatic nitrogens is 1. The lowest BCUT2D eigenvalue weighted by molar-refractivity contribution is -0.128. The molecule has 7 heteroatoms. The number of nitrogens with one attached hydrogen (secondary N) is 1. The van der Waals surface area contributed by atoms with Crippen molar-refractivity contribution in [2.24, 2.45) is 0 Å². The number of rotatable bonds is 3. The third kappa shape index (κ3) is 2.74. The van der Waals surface area contributed by atoms with Gasteiger partial charge in [0.15, 0.2) is 9.88 Å². The first kappa shape index (κ1) is 16.0. The third-order valence-corrected chi connectivity index (χ3v) is 5.92. The van der Waals surface area contributed by atoms with Crippen LogP contribution in [0, 0.1) is 6.92 Å². The Morgan fingerprint density at radius 2 is 2.13 bits per heavy atom. The van der Waals surface area contributed by atoms with Gasteiger partial charge in [-0.2, -0.15) is 0 Å². The molecule has 1 aromatic carbocycles. The van der Waals surface area contributed by atoms with Crippen LogP contribution in [0.5, 0.6) is 0 Å². The maximum atomic E-state index is 12.9. The molecule has 2 heterocycles. The zero-order chi connectivity index (χ0) is 16.6. The smallest absolute Gasteiger partial charge is 0.252 e. The third-order valence-electron chi connectivity index (χ3n) is 3.71. The van der Waals surface area contributed by atoms with Gasteiger partial charge in [0, 0.05) is 16.8 Å². The summed E-state index contributed by atoms with van der Waals surface area (Å²) in [7, 11) is 0. The van der Waals surface area contributed by atoms with E-state index in [0.717, 1.165) is 16.3 Å². The van der Waals surface area contributed by atoms with Crippen LogP contribution >= 0.6 is 23.1 Å². The summed E-state index contributed by atoms with van der Waals surface area (Å²) in [5, 5.41) is 5.16. The lowest BCUT2D eigenvalue weighted by Gasteiger charge is -2.38. The van der Waals surface area contributed by atoms with Crippen molar-refractivity contribution in [2.75, 3.05) is 16.8 Å². The van der Waals surface area contributed by atoms with E-state index in [2.05, 4.69) is 10.3 Å². The van der Waals surface area contributed by atoms with Crippen LogP contribution in [0.2, 0.25) is 0 Å². The molecule has 23 heavy (non-hydrogen) atoms. The molecule has 2 aromatic rings. The highest BCUT2D eigenvalue weighted by Gasteiger charge is 2.49. The van der Waals surface area contributed by atoms with Crippen molar-refractivity contribution >= 4 is 45.7 Å². The minimum atomic E-state index is -1.20. The highest BCUT2D eigenvalue weighted by molar-refractivity contribution is 8.02. The van der Waals surface area contributed by atoms with E-state index in [1.807, 2.05) is 43.5 Å². The highest BCUT2D eigenvalue weighted by atomic mass is 32.2. The van der Waals surface area contributed by atoms with Crippen LogP contribution in [0.3, 0.4) is 0 Å². The van der Waals surface area contributed by atoms with Crippen molar-refractivity contribution in [3.8, 4) is 0 Å². The van der Waals surface area contributed by atoms with Crippen molar-refractivity contribution in [1.29, 1.82) is 0 Å². The molecule has 5 nitrogen and oxygen atoms in total. The number of anilines is 2. The number of nitrogens with zero attached hydrogens (tertiary/aromatic N) is 2. The number of amides is 2. The number of carbonyl (C=O) groups excluding carboxylic acids is 2. The molecule has 2 amide bonds. The number of hydrogen-bond donors (Lipinski definition) is 1. The lowest BCUT2D eigenvalue weighted by Crippen LogP contribution is -2.54.